The molecule has 9 heteroatoms. The zero-order valence-electron chi connectivity index (χ0n) is 17.0. The minimum atomic E-state index is -0.461. The van der Waals surface area contributed by atoms with Gasteiger partial charge in [-0.2, -0.15) is 5.26 Å². The molecule has 0 aromatic heterocycles. The zero-order valence-corrected chi connectivity index (χ0v) is 17.8. The number of nitriles is 1. The van der Waals surface area contributed by atoms with Crippen LogP contribution in [0.5, 0.6) is 11.5 Å². The summed E-state index contributed by atoms with van der Waals surface area (Å²) in [5.41, 5.74) is 2.64. The summed E-state index contributed by atoms with van der Waals surface area (Å²) in [7, 11) is 1.49. The highest BCUT2D eigenvalue weighted by atomic mass is 35.5. The molecule has 0 radical (unpaired) electrons. The van der Waals surface area contributed by atoms with E-state index in [1.165, 1.54) is 25.5 Å². The topological polar surface area (TPSA) is 107 Å². The number of nitro benzene ring substituents is 1. The minimum Gasteiger partial charge on any atom is -0.493 e. The zero-order chi connectivity index (χ0) is 22.9. The standard InChI is InChI=1S/C23H18ClN3O5/c1-30-22-11-17(13-26-32-15-19-5-3-2-4-18(19)12-25)10-21(24)23(22)31-14-16-6-8-20(9-7-16)27(28)29/h2-11,13H,14-15H2,1H3/b26-13-. The van der Waals surface area contributed by atoms with E-state index < -0.39 is 4.92 Å². The van der Waals surface area contributed by atoms with E-state index in [-0.39, 0.29) is 18.9 Å². The summed E-state index contributed by atoms with van der Waals surface area (Å²) in [6.07, 6.45) is 1.48. The fraction of sp³-hybridized carbons (Fsp3) is 0.130. The van der Waals surface area contributed by atoms with Gasteiger partial charge in [-0.3, -0.25) is 10.1 Å². The van der Waals surface area contributed by atoms with E-state index in [1.54, 1.807) is 42.5 Å². The number of methoxy groups -OCH3 is 1. The molecule has 3 aromatic carbocycles. The monoisotopic (exact) mass is 451 g/mol. The Labute approximate surface area is 189 Å². The van der Waals surface area contributed by atoms with Crippen LogP contribution in [-0.4, -0.2) is 18.2 Å². The lowest BCUT2D eigenvalue weighted by molar-refractivity contribution is -0.384. The number of nitro groups is 1. The normalized spacial score (nSPS) is 10.5. The van der Waals surface area contributed by atoms with E-state index in [9.17, 15) is 10.1 Å². The van der Waals surface area contributed by atoms with Gasteiger partial charge in [-0.1, -0.05) is 35.0 Å². The maximum Gasteiger partial charge on any atom is 0.269 e. The van der Waals surface area contributed by atoms with Crippen molar-refractivity contribution < 1.29 is 19.2 Å². The molecular formula is C23H18ClN3O5. The molecule has 0 heterocycles. The first-order valence-corrected chi connectivity index (χ1v) is 9.76. The fourth-order valence-electron chi connectivity index (χ4n) is 2.78. The Bertz CT molecular complexity index is 1170. The van der Waals surface area contributed by atoms with E-state index in [0.717, 1.165) is 11.1 Å². The van der Waals surface area contributed by atoms with Crippen molar-refractivity contribution >= 4 is 23.5 Å². The molecule has 0 saturated heterocycles. The third kappa shape index (κ3) is 5.74. The summed E-state index contributed by atoms with van der Waals surface area (Å²) in [6, 6.07) is 18.6. The second-order valence-electron chi connectivity index (χ2n) is 6.52. The van der Waals surface area contributed by atoms with E-state index in [1.807, 2.05) is 6.07 Å². The van der Waals surface area contributed by atoms with Gasteiger partial charge in [0.1, 0.15) is 13.2 Å². The molecule has 0 saturated carbocycles. The van der Waals surface area contributed by atoms with E-state index >= 15 is 0 Å². The molecule has 3 aromatic rings. The number of rotatable bonds is 9. The van der Waals surface area contributed by atoms with Crippen molar-refractivity contribution in [3.05, 3.63) is 98.1 Å². The average molecular weight is 452 g/mol. The second kappa shape index (κ2) is 10.8. The second-order valence-corrected chi connectivity index (χ2v) is 6.93. The smallest absolute Gasteiger partial charge is 0.269 e. The summed E-state index contributed by atoms with van der Waals surface area (Å²) < 4.78 is 11.2. The predicted molar refractivity (Wildman–Crippen MR) is 119 cm³/mol. The van der Waals surface area contributed by atoms with Gasteiger partial charge in [0.15, 0.2) is 11.5 Å². The highest BCUT2D eigenvalue weighted by Crippen LogP contribution is 2.36. The summed E-state index contributed by atoms with van der Waals surface area (Å²) in [4.78, 5) is 15.6. The molecular weight excluding hydrogens is 434 g/mol. The molecule has 0 spiro atoms. The molecule has 162 valence electrons. The first-order chi connectivity index (χ1) is 15.5. The minimum absolute atomic E-state index is 0.00586. The van der Waals surface area contributed by atoms with Crippen LogP contribution in [0.2, 0.25) is 5.02 Å². The van der Waals surface area contributed by atoms with Crippen molar-refractivity contribution in [2.24, 2.45) is 5.16 Å². The number of hydrogen-bond donors (Lipinski definition) is 0. The molecule has 0 fully saturated rings. The Morgan fingerprint density at radius 2 is 1.91 bits per heavy atom. The Balaban J connectivity index is 1.65. The summed E-state index contributed by atoms with van der Waals surface area (Å²) in [5, 5.41) is 24.1. The van der Waals surface area contributed by atoms with Gasteiger partial charge in [0.05, 0.1) is 34.9 Å². The summed E-state index contributed by atoms with van der Waals surface area (Å²) in [5.74, 6) is 0.740. The molecule has 0 amide bonds. The molecule has 0 atom stereocenters. The summed E-state index contributed by atoms with van der Waals surface area (Å²) in [6.45, 7) is 0.310. The van der Waals surface area contributed by atoms with E-state index in [0.29, 0.717) is 27.6 Å². The van der Waals surface area contributed by atoms with Crippen molar-refractivity contribution in [3.8, 4) is 17.6 Å². The van der Waals surface area contributed by atoms with Crippen LogP contribution in [0.15, 0.2) is 65.8 Å². The van der Waals surface area contributed by atoms with Gasteiger partial charge in [-0.05, 0) is 35.9 Å². The Hall–Kier alpha value is -4.09. The predicted octanol–water partition coefficient (Wildman–Crippen LogP) is 5.26. The van der Waals surface area contributed by atoms with Crippen LogP contribution in [0.3, 0.4) is 0 Å². The lowest BCUT2D eigenvalue weighted by Crippen LogP contribution is -2.00. The van der Waals surface area contributed by atoms with Crippen molar-refractivity contribution in [2.75, 3.05) is 7.11 Å². The molecule has 0 aliphatic carbocycles. The van der Waals surface area contributed by atoms with Crippen LogP contribution in [0.4, 0.5) is 5.69 Å². The average Bonchev–Trinajstić information content (AvgIpc) is 2.81. The molecule has 0 unspecified atom stereocenters. The van der Waals surface area contributed by atoms with Crippen LogP contribution in [-0.2, 0) is 18.1 Å². The van der Waals surface area contributed by atoms with Gasteiger partial charge in [0, 0.05) is 23.3 Å². The fourth-order valence-corrected chi connectivity index (χ4v) is 3.06. The van der Waals surface area contributed by atoms with Gasteiger partial charge in [-0.25, -0.2) is 0 Å². The van der Waals surface area contributed by atoms with Crippen molar-refractivity contribution in [1.29, 1.82) is 5.26 Å². The lowest BCUT2D eigenvalue weighted by atomic mass is 10.1. The van der Waals surface area contributed by atoms with Gasteiger partial charge in [0.25, 0.3) is 5.69 Å². The Morgan fingerprint density at radius 3 is 2.59 bits per heavy atom. The van der Waals surface area contributed by atoms with Gasteiger partial charge in [-0.15, -0.1) is 0 Å². The molecule has 0 aliphatic rings. The number of benzene rings is 3. The molecule has 0 aliphatic heterocycles. The number of hydrogen-bond acceptors (Lipinski definition) is 7. The highest BCUT2D eigenvalue weighted by Gasteiger charge is 2.13. The number of non-ortho nitro benzene ring substituents is 1. The largest absolute Gasteiger partial charge is 0.493 e. The van der Waals surface area contributed by atoms with Crippen LogP contribution in [0.25, 0.3) is 0 Å². The van der Waals surface area contributed by atoms with Crippen LogP contribution >= 0.6 is 11.6 Å². The Kier molecular flexibility index (Phi) is 7.62. The van der Waals surface area contributed by atoms with E-state index in [4.69, 9.17) is 31.2 Å². The highest BCUT2D eigenvalue weighted by molar-refractivity contribution is 6.32. The Morgan fingerprint density at radius 1 is 1.16 bits per heavy atom. The summed E-state index contributed by atoms with van der Waals surface area (Å²) >= 11 is 6.36. The SMILES string of the molecule is COc1cc(/C=N\OCc2ccccc2C#N)cc(Cl)c1OCc1ccc([N+](=O)[O-])cc1. The number of oxime groups is 1. The first-order valence-electron chi connectivity index (χ1n) is 9.39. The lowest BCUT2D eigenvalue weighted by Gasteiger charge is -2.13. The number of halogens is 1. The van der Waals surface area contributed by atoms with Crippen LogP contribution < -0.4 is 9.47 Å². The van der Waals surface area contributed by atoms with Crippen LogP contribution in [0, 0.1) is 21.4 Å². The van der Waals surface area contributed by atoms with Gasteiger partial charge < -0.3 is 14.3 Å². The van der Waals surface area contributed by atoms with Crippen LogP contribution in [0.1, 0.15) is 22.3 Å². The van der Waals surface area contributed by atoms with Crippen molar-refractivity contribution in [2.45, 2.75) is 13.2 Å². The third-order valence-electron chi connectivity index (χ3n) is 4.42. The molecule has 0 N–H and O–H groups in total. The first kappa shape index (κ1) is 22.6. The third-order valence-corrected chi connectivity index (χ3v) is 4.70. The van der Waals surface area contributed by atoms with Crippen molar-refractivity contribution in [1.82, 2.24) is 0 Å². The number of ether oxygens (including phenoxy) is 2. The maximum atomic E-state index is 10.8. The number of nitrogens with zero attached hydrogens (tertiary/aromatic N) is 3. The molecule has 0 bridgehead atoms. The van der Waals surface area contributed by atoms with Crippen molar-refractivity contribution in [3.63, 3.8) is 0 Å². The molecule has 32 heavy (non-hydrogen) atoms. The van der Waals surface area contributed by atoms with Gasteiger partial charge in [0.2, 0.25) is 0 Å². The van der Waals surface area contributed by atoms with E-state index in [2.05, 4.69) is 11.2 Å². The molecule has 3 rings (SSSR count). The van der Waals surface area contributed by atoms with Gasteiger partial charge >= 0.3 is 0 Å². The molecule has 8 nitrogen and oxygen atoms in total. The quantitative estimate of drug-likeness (QED) is 0.249. The maximum absolute atomic E-state index is 10.8.